The largest absolute Gasteiger partial charge is 0.367 e. The maximum atomic E-state index is 4.51. The number of halogens is 1. The van der Waals surface area contributed by atoms with E-state index in [9.17, 15) is 0 Å². The van der Waals surface area contributed by atoms with Crippen molar-refractivity contribution in [2.24, 2.45) is 0 Å². The van der Waals surface area contributed by atoms with E-state index in [-0.39, 0.29) is 0 Å². The number of hydrogen-bond acceptors (Lipinski definition) is 5. The second-order valence-electron chi connectivity index (χ2n) is 6.21. The van der Waals surface area contributed by atoms with E-state index in [1.54, 1.807) is 17.7 Å². The highest BCUT2D eigenvalue weighted by Gasteiger charge is 2.24. The van der Waals surface area contributed by atoms with Crippen molar-refractivity contribution < 1.29 is 0 Å². The van der Waals surface area contributed by atoms with Gasteiger partial charge in [-0.1, -0.05) is 6.92 Å². The molecule has 1 N–H and O–H groups in total. The molecule has 0 bridgehead atoms. The third-order valence-corrected chi connectivity index (χ3v) is 6.97. The van der Waals surface area contributed by atoms with Crippen LogP contribution >= 0.6 is 27.3 Å². The molecule has 120 valence electrons. The molecule has 0 unspecified atom stereocenters. The Hall–Kier alpha value is -0.720. The summed E-state index contributed by atoms with van der Waals surface area (Å²) >= 11 is 5.50. The van der Waals surface area contributed by atoms with Gasteiger partial charge < -0.3 is 10.2 Å². The average Bonchev–Trinajstić information content (AvgIpc) is 2.85. The van der Waals surface area contributed by atoms with Gasteiger partial charge in [0.05, 0.1) is 5.39 Å². The lowest BCUT2D eigenvalue weighted by Crippen LogP contribution is -2.36. The zero-order valence-corrected chi connectivity index (χ0v) is 15.8. The Morgan fingerprint density at radius 1 is 1.27 bits per heavy atom. The van der Waals surface area contributed by atoms with Gasteiger partial charge in [-0.15, -0.1) is 11.3 Å². The van der Waals surface area contributed by atoms with Crippen LogP contribution in [0.3, 0.4) is 0 Å². The average molecular weight is 383 g/mol. The second kappa shape index (κ2) is 6.81. The Kier molecular flexibility index (Phi) is 5.00. The van der Waals surface area contributed by atoms with Crippen molar-refractivity contribution >= 4 is 43.3 Å². The topological polar surface area (TPSA) is 41.1 Å². The molecule has 1 aliphatic carbocycles. The molecule has 1 fully saturated rings. The molecule has 0 aromatic carbocycles. The summed E-state index contributed by atoms with van der Waals surface area (Å²) in [6, 6.07) is 1.24. The zero-order valence-electron chi connectivity index (χ0n) is 13.4. The van der Waals surface area contributed by atoms with Crippen molar-refractivity contribution in [3.63, 3.8) is 0 Å². The second-order valence-corrected chi connectivity index (χ2v) is 8.09. The van der Waals surface area contributed by atoms with E-state index in [4.69, 9.17) is 0 Å². The summed E-state index contributed by atoms with van der Waals surface area (Å²) < 4.78 is 1.17. The van der Waals surface area contributed by atoms with Crippen LogP contribution in [0.25, 0.3) is 10.2 Å². The SMILES string of the molecule is CCc1sc2ncnc(N[C@H]3CC[C@H](N(C)C)CC3)c2c1Br. The first-order valence-corrected chi connectivity index (χ1v) is 9.56. The highest BCUT2D eigenvalue weighted by atomic mass is 79.9. The number of thiophene rings is 1. The van der Waals surface area contributed by atoms with Gasteiger partial charge in [-0.2, -0.15) is 0 Å². The summed E-state index contributed by atoms with van der Waals surface area (Å²) in [6.45, 7) is 2.18. The van der Waals surface area contributed by atoms with Crippen LogP contribution in [0.1, 0.15) is 37.5 Å². The van der Waals surface area contributed by atoms with Crippen LogP contribution in [0.4, 0.5) is 5.82 Å². The standard InChI is InChI=1S/C16H23BrN4S/c1-4-12-14(17)13-15(18-9-19-16(13)22-12)20-10-5-7-11(8-6-10)21(2)3/h9-11H,4-8H2,1-3H3,(H,18,19,20)/t10-,11-. The summed E-state index contributed by atoms with van der Waals surface area (Å²) in [5.74, 6) is 0.987. The Morgan fingerprint density at radius 3 is 2.64 bits per heavy atom. The molecular weight excluding hydrogens is 360 g/mol. The van der Waals surface area contributed by atoms with E-state index in [0.717, 1.165) is 28.5 Å². The molecule has 0 aliphatic heterocycles. The molecule has 2 aromatic heterocycles. The van der Waals surface area contributed by atoms with E-state index < -0.39 is 0 Å². The maximum absolute atomic E-state index is 4.51. The van der Waals surface area contributed by atoms with Gasteiger partial charge in [0.1, 0.15) is 17.0 Å². The molecule has 0 saturated heterocycles. The van der Waals surface area contributed by atoms with Gasteiger partial charge in [0.2, 0.25) is 0 Å². The Labute approximate surface area is 144 Å². The number of anilines is 1. The van der Waals surface area contributed by atoms with Gasteiger partial charge >= 0.3 is 0 Å². The minimum absolute atomic E-state index is 0.520. The normalized spacial score (nSPS) is 22.4. The predicted octanol–water partition coefficient (Wildman–Crippen LogP) is 4.30. The van der Waals surface area contributed by atoms with E-state index in [1.165, 1.54) is 35.0 Å². The van der Waals surface area contributed by atoms with Crippen molar-refractivity contribution in [3.05, 3.63) is 15.7 Å². The van der Waals surface area contributed by atoms with Crippen LogP contribution in [0.5, 0.6) is 0 Å². The maximum Gasteiger partial charge on any atom is 0.139 e. The number of fused-ring (bicyclic) bond motifs is 1. The Bertz CT molecular complexity index is 647. The third-order valence-electron chi connectivity index (χ3n) is 4.59. The fourth-order valence-electron chi connectivity index (χ4n) is 3.21. The quantitative estimate of drug-likeness (QED) is 0.855. The van der Waals surface area contributed by atoms with Crippen LogP contribution in [0.15, 0.2) is 10.8 Å². The van der Waals surface area contributed by atoms with E-state index in [2.05, 4.69) is 57.1 Å². The van der Waals surface area contributed by atoms with Gasteiger partial charge in [0.15, 0.2) is 0 Å². The first-order valence-electron chi connectivity index (χ1n) is 7.95. The summed E-state index contributed by atoms with van der Waals surface area (Å²) in [7, 11) is 4.36. The highest BCUT2D eigenvalue weighted by molar-refractivity contribution is 9.10. The van der Waals surface area contributed by atoms with Crippen molar-refractivity contribution in [2.75, 3.05) is 19.4 Å². The van der Waals surface area contributed by atoms with Crippen molar-refractivity contribution in [1.29, 1.82) is 0 Å². The molecule has 0 radical (unpaired) electrons. The van der Waals surface area contributed by atoms with Gasteiger partial charge in [0, 0.05) is 21.4 Å². The molecule has 1 aliphatic rings. The molecule has 0 spiro atoms. The summed E-state index contributed by atoms with van der Waals surface area (Å²) in [6.07, 6.45) is 7.62. The van der Waals surface area contributed by atoms with E-state index in [0.29, 0.717) is 6.04 Å². The monoisotopic (exact) mass is 382 g/mol. The summed E-state index contributed by atoms with van der Waals surface area (Å²) in [4.78, 5) is 13.7. The highest BCUT2D eigenvalue weighted by Crippen LogP contribution is 2.38. The number of rotatable bonds is 4. The lowest BCUT2D eigenvalue weighted by atomic mass is 9.90. The molecular formula is C16H23BrN4S. The fraction of sp³-hybridized carbons (Fsp3) is 0.625. The molecule has 2 aromatic rings. The number of hydrogen-bond donors (Lipinski definition) is 1. The number of aryl methyl sites for hydroxylation is 1. The zero-order chi connectivity index (χ0) is 15.7. The molecule has 2 heterocycles. The van der Waals surface area contributed by atoms with Crippen molar-refractivity contribution in [1.82, 2.24) is 14.9 Å². The first kappa shape index (κ1) is 16.1. The van der Waals surface area contributed by atoms with E-state index >= 15 is 0 Å². The van der Waals surface area contributed by atoms with Crippen LogP contribution < -0.4 is 5.32 Å². The van der Waals surface area contributed by atoms with Crippen molar-refractivity contribution in [2.45, 2.75) is 51.1 Å². The summed E-state index contributed by atoms with van der Waals surface area (Å²) in [5, 5.41) is 4.82. The molecule has 4 nitrogen and oxygen atoms in total. The van der Waals surface area contributed by atoms with Crippen LogP contribution in [-0.4, -0.2) is 41.0 Å². The summed E-state index contributed by atoms with van der Waals surface area (Å²) in [5.41, 5.74) is 0. The van der Waals surface area contributed by atoms with Gasteiger partial charge in [0.25, 0.3) is 0 Å². The molecule has 0 amide bonds. The Balaban J connectivity index is 1.79. The van der Waals surface area contributed by atoms with Crippen LogP contribution in [0, 0.1) is 0 Å². The van der Waals surface area contributed by atoms with Crippen LogP contribution in [0.2, 0.25) is 0 Å². The lowest BCUT2D eigenvalue weighted by molar-refractivity contribution is 0.221. The third kappa shape index (κ3) is 3.14. The molecule has 6 heteroatoms. The molecule has 3 rings (SSSR count). The smallest absolute Gasteiger partial charge is 0.139 e. The van der Waals surface area contributed by atoms with Crippen molar-refractivity contribution in [3.8, 4) is 0 Å². The molecule has 1 saturated carbocycles. The number of nitrogens with zero attached hydrogens (tertiary/aromatic N) is 3. The molecule has 22 heavy (non-hydrogen) atoms. The fourth-order valence-corrected chi connectivity index (χ4v) is 5.21. The van der Waals surface area contributed by atoms with E-state index in [1.807, 2.05) is 0 Å². The predicted molar refractivity (Wildman–Crippen MR) is 97.8 cm³/mol. The number of aromatic nitrogens is 2. The van der Waals surface area contributed by atoms with Gasteiger partial charge in [-0.25, -0.2) is 9.97 Å². The minimum Gasteiger partial charge on any atom is -0.367 e. The minimum atomic E-state index is 0.520. The molecule has 0 atom stereocenters. The number of nitrogens with one attached hydrogen (secondary N) is 1. The van der Waals surface area contributed by atoms with Gasteiger partial charge in [-0.05, 0) is 62.1 Å². The Morgan fingerprint density at radius 2 is 2.00 bits per heavy atom. The first-order chi connectivity index (χ1) is 10.6. The lowest BCUT2D eigenvalue weighted by Gasteiger charge is -2.33. The van der Waals surface area contributed by atoms with Crippen LogP contribution in [-0.2, 0) is 6.42 Å². The van der Waals surface area contributed by atoms with Gasteiger partial charge in [-0.3, -0.25) is 0 Å².